The summed E-state index contributed by atoms with van der Waals surface area (Å²) < 4.78 is 51.2. The van der Waals surface area contributed by atoms with E-state index >= 15 is 0 Å². The van der Waals surface area contributed by atoms with Gasteiger partial charge < -0.3 is 15.0 Å². The maximum absolute atomic E-state index is 13.5. The van der Waals surface area contributed by atoms with Crippen LogP contribution >= 0.6 is 0 Å². The molecule has 2 rings (SSSR count). The first kappa shape index (κ1) is 27.5. The number of hydrogen-bond donors (Lipinski definition) is 2. The molecular formula is C23H35F3N4O2. The second-order valence-electron chi connectivity index (χ2n) is 7.80. The molecule has 0 aliphatic rings. The lowest BCUT2D eigenvalue weighted by atomic mass is 10.0. The Morgan fingerprint density at radius 2 is 1.81 bits per heavy atom. The van der Waals surface area contributed by atoms with Gasteiger partial charge in [-0.3, -0.25) is 5.41 Å². The topological polar surface area (TPSA) is 98.0 Å². The molecule has 2 aromatic rings. The Hall–Kier alpha value is -2.58. The Bertz CT molecular complexity index is 818. The van der Waals surface area contributed by atoms with Gasteiger partial charge in [0.2, 0.25) is 11.7 Å². The van der Waals surface area contributed by atoms with Crippen molar-refractivity contribution in [1.82, 2.24) is 10.1 Å². The predicted octanol–water partition coefficient (Wildman–Crippen LogP) is 6.95. The SMILES string of the molecule is CC(=N)N.CCCCCCOc1ccc(-c2noc([C@@H](C)CCCC)n2)cc1C(F)(F)F. The summed E-state index contributed by atoms with van der Waals surface area (Å²) in [4.78, 5) is 4.30. The van der Waals surface area contributed by atoms with Crippen LogP contribution in [0.4, 0.5) is 13.2 Å². The van der Waals surface area contributed by atoms with Crippen LogP contribution in [0.25, 0.3) is 11.4 Å². The summed E-state index contributed by atoms with van der Waals surface area (Å²) in [6.07, 6.45) is 2.25. The number of hydrogen-bond acceptors (Lipinski definition) is 5. The number of nitrogens with zero attached hydrogens (tertiary/aromatic N) is 2. The molecular weight excluding hydrogens is 421 g/mol. The van der Waals surface area contributed by atoms with Gasteiger partial charge in [-0.25, -0.2) is 0 Å². The van der Waals surface area contributed by atoms with Crippen LogP contribution in [-0.4, -0.2) is 22.6 Å². The van der Waals surface area contributed by atoms with Crippen LogP contribution in [0.2, 0.25) is 0 Å². The fourth-order valence-corrected chi connectivity index (χ4v) is 2.91. The van der Waals surface area contributed by atoms with Crippen molar-refractivity contribution in [2.45, 2.75) is 84.7 Å². The minimum Gasteiger partial charge on any atom is -0.493 e. The molecule has 1 heterocycles. The Balaban J connectivity index is 0.00000118. The molecule has 6 nitrogen and oxygen atoms in total. The van der Waals surface area contributed by atoms with Crippen molar-refractivity contribution in [1.29, 1.82) is 5.41 Å². The van der Waals surface area contributed by atoms with Gasteiger partial charge in [-0.1, -0.05) is 58.0 Å². The highest BCUT2D eigenvalue weighted by atomic mass is 19.4. The van der Waals surface area contributed by atoms with Gasteiger partial charge in [-0.2, -0.15) is 18.2 Å². The van der Waals surface area contributed by atoms with Crippen LogP contribution in [0, 0.1) is 5.41 Å². The van der Waals surface area contributed by atoms with E-state index in [1.807, 2.05) is 6.92 Å². The number of unbranched alkanes of at least 4 members (excludes halogenated alkanes) is 4. The molecule has 0 amide bonds. The van der Waals surface area contributed by atoms with E-state index in [-0.39, 0.29) is 35.5 Å². The van der Waals surface area contributed by atoms with E-state index < -0.39 is 11.7 Å². The van der Waals surface area contributed by atoms with Gasteiger partial charge in [-0.05, 0) is 38.0 Å². The third kappa shape index (κ3) is 9.70. The smallest absolute Gasteiger partial charge is 0.419 e. The molecule has 0 unspecified atom stereocenters. The van der Waals surface area contributed by atoms with Crippen molar-refractivity contribution >= 4 is 5.84 Å². The van der Waals surface area contributed by atoms with Crippen molar-refractivity contribution in [3.63, 3.8) is 0 Å². The highest BCUT2D eigenvalue weighted by Gasteiger charge is 2.35. The van der Waals surface area contributed by atoms with Gasteiger partial charge in [0, 0.05) is 11.5 Å². The average Bonchev–Trinajstić information content (AvgIpc) is 3.21. The lowest BCUT2D eigenvalue weighted by molar-refractivity contribution is -0.138. The number of amidine groups is 1. The molecule has 0 saturated heterocycles. The molecule has 32 heavy (non-hydrogen) atoms. The number of rotatable bonds is 11. The number of alkyl halides is 3. The summed E-state index contributed by atoms with van der Waals surface area (Å²) in [5.74, 6) is 0.702. The molecule has 180 valence electrons. The highest BCUT2D eigenvalue weighted by Crippen LogP contribution is 2.38. The lowest BCUT2D eigenvalue weighted by Gasteiger charge is -2.14. The first-order valence-corrected chi connectivity index (χ1v) is 11.1. The summed E-state index contributed by atoms with van der Waals surface area (Å²) in [6.45, 7) is 7.95. The van der Waals surface area contributed by atoms with Gasteiger partial charge in [0.25, 0.3) is 0 Å². The van der Waals surface area contributed by atoms with Crippen molar-refractivity contribution in [3.8, 4) is 17.1 Å². The summed E-state index contributed by atoms with van der Waals surface area (Å²) in [7, 11) is 0. The van der Waals surface area contributed by atoms with Crippen LogP contribution in [0.1, 0.15) is 90.0 Å². The quantitative estimate of drug-likeness (QED) is 0.217. The van der Waals surface area contributed by atoms with Gasteiger partial charge >= 0.3 is 6.18 Å². The zero-order chi connectivity index (χ0) is 24.1. The maximum Gasteiger partial charge on any atom is 0.419 e. The monoisotopic (exact) mass is 456 g/mol. The van der Waals surface area contributed by atoms with Gasteiger partial charge in [-0.15, -0.1) is 0 Å². The van der Waals surface area contributed by atoms with Crippen molar-refractivity contribution < 1.29 is 22.4 Å². The number of nitrogens with one attached hydrogen (secondary N) is 1. The van der Waals surface area contributed by atoms with E-state index in [2.05, 4.69) is 24.0 Å². The first-order valence-electron chi connectivity index (χ1n) is 11.1. The van der Waals surface area contributed by atoms with Crippen molar-refractivity contribution in [2.75, 3.05) is 6.61 Å². The van der Waals surface area contributed by atoms with Gasteiger partial charge in [0.15, 0.2) is 0 Å². The van der Waals surface area contributed by atoms with E-state index in [1.165, 1.54) is 13.0 Å². The second kappa shape index (κ2) is 13.8. The normalized spacial score (nSPS) is 12.1. The molecule has 1 aromatic carbocycles. The first-order chi connectivity index (χ1) is 15.1. The summed E-state index contributed by atoms with van der Waals surface area (Å²) in [5, 5.41) is 10.1. The van der Waals surface area contributed by atoms with E-state index in [1.54, 1.807) is 6.07 Å². The minimum atomic E-state index is -4.52. The molecule has 1 aromatic heterocycles. The molecule has 0 bridgehead atoms. The maximum atomic E-state index is 13.5. The molecule has 0 fully saturated rings. The number of benzene rings is 1. The third-order valence-corrected chi connectivity index (χ3v) is 4.65. The molecule has 9 heteroatoms. The number of nitrogens with two attached hydrogens (primary N) is 1. The molecule has 0 spiro atoms. The molecule has 0 saturated carbocycles. The van der Waals surface area contributed by atoms with Crippen molar-refractivity contribution in [2.24, 2.45) is 5.73 Å². The van der Waals surface area contributed by atoms with Crippen LogP contribution in [0.15, 0.2) is 22.7 Å². The zero-order valence-corrected chi connectivity index (χ0v) is 19.4. The minimum absolute atomic E-state index is 0.0778. The molecule has 0 radical (unpaired) electrons. The fourth-order valence-electron chi connectivity index (χ4n) is 2.91. The molecule has 3 N–H and O–H groups in total. The third-order valence-electron chi connectivity index (χ3n) is 4.65. The molecule has 0 aliphatic heterocycles. The van der Waals surface area contributed by atoms with Crippen LogP contribution in [0.5, 0.6) is 5.75 Å². The van der Waals surface area contributed by atoms with Gasteiger partial charge in [0.05, 0.1) is 18.0 Å². The van der Waals surface area contributed by atoms with E-state index in [9.17, 15) is 13.2 Å². The molecule has 0 aliphatic carbocycles. The average molecular weight is 457 g/mol. The van der Waals surface area contributed by atoms with Crippen LogP contribution < -0.4 is 10.5 Å². The lowest BCUT2D eigenvalue weighted by Crippen LogP contribution is -2.10. The number of halogens is 3. The Labute approximate surface area is 188 Å². The van der Waals surface area contributed by atoms with Crippen LogP contribution in [-0.2, 0) is 6.18 Å². The second-order valence-corrected chi connectivity index (χ2v) is 7.80. The highest BCUT2D eigenvalue weighted by molar-refractivity contribution is 5.73. The van der Waals surface area contributed by atoms with Crippen LogP contribution in [0.3, 0.4) is 0 Å². The Morgan fingerprint density at radius 1 is 1.16 bits per heavy atom. The standard InChI is InChI=1S/C21H29F3N2O2.C2H6N2/c1-4-6-8-9-13-27-18-12-11-16(14-17(18)21(22,23)24)19-25-20(28-26-19)15(3)10-7-5-2;1-2(3)4/h11-12,14-15H,4-10,13H2,1-3H3;1H3,(H3,3,4)/t15-;/m0./s1. The summed E-state index contributed by atoms with van der Waals surface area (Å²) >= 11 is 0. The number of ether oxygens (including phenoxy) is 1. The summed E-state index contributed by atoms with van der Waals surface area (Å²) in [6, 6.07) is 3.92. The zero-order valence-electron chi connectivity index (χ0n) is 19.4. The summed E-state index contributed by atoms with van der Waals surface area (Å²) in [5.41, 5.74) is 4.15. The Morgan fingerprint density at radius 3 is 2.41 bits per heavy atom. The van der Waals surface area contributed by atoms with Gasteiger partial charge in [0.1, 0.15) is 5.75 Å². The predicted molar refractivity (Wildman–Crippen MR) is 120 cm³/mol. The largest absolute Gasteiger partial charge is 0.493 e. The van der Waals surface area contributed by atoms with E-state index in [4.69, 9.17) is 20.4 Å². The van der Waals surface area contributed by atoms with Crippen molar-refractivity contribution in [3.05, 3.63) is 29.7 Å². The van der Waals surface area contributed by atoms with E-state index in [0.29, 0.717) is 5.89 Å². The fraction of sp³-hybridized carbons (Fsp3) is 0.609. The Kier molecular flexibility index (Phi) is 11.8. The van der Waals surface area contributed by atoms with E-state index in [0.717, 1.165) is 51.0 Å². The number of aromatic nitrogens is 2. The molecule has 1 atom stereocenters.